The molecular formula is C7H6BrF2N. The van der Waals surface area contributed by atoms with Crippen LogP contribution in [0.4, 0.5) is 8.78 Å². The highest BCUT2D eigenvalue weighted by molar-refractivity contribution is 9.10. The maximum Gasteiger partial charge on any atom is 0.280 e. The second kappa shape index (κ2) is 3.26. The van der Waals surface area contributed by atoms with Crippen LogP contribution in [-0.2, 0) is 0 Å². The van der Waals surface area contributed by atoms with Crippen molar-refractivity contribution < 1.29 is 11.5 Å². The van der Waals surface area contributed by atoms with Gasteiger partial charge >= 0.3 is 0 Å². The molecule has 0 spiro atoms. The zero-order valence-electron chi connectivity index (χ0n) is 7.66. The third kappa shape index (κ3) is 1.96. The highest BCUT2D eigenvalue weighted by Gasteiger charge is 2.08. The number of hydrogen-bond donors (Lipinski definition) is 0. The molecule has 1 heterocycles. The van der Waals surface area contributed by atoms with Crippen LogP contribution >= 0.6 is 15.9 Å². The predicted molar refractivity (Wildman–Crippen MR) is 41.6 cm³/mol. The highest BCUT2D eigenvalue weighted by Crippen LogP contribution is 2.21. The average Bonchev–Trinajstić information content (AvgIpc) is 2.07. The largest absolute Gasteiger partial charge is 0.280 e. The lowest BCUT2D eigenvalue weighted by molar-refractivity contribution is 0.146. The third-order valence-electron chi connectivity index (χ3n) is 1.12. The summed E-state index contributed by atoms with van der Waals surface area (Å²) in [5.74, 6) is 0. The topological polar surface area (TPSA) is 12.9 Å². The summed E-state index contributed by atoms with van der Waals surface area (Å²) in [6, 6.07) is -0.344. The van der Waals surface area contributed by atoms with Crippen LogP contribution in [0.25, 0.3) is 0 Å². The molecule has 0 aromatic carbocycles. The summed E-state index contributed by atoms with van der Waals surface area (Å²) in [4.78, 5) is 3.33. The molecule has 4 heteroatoms. The first-order valence-electron chi connectivity index (χ1n) is 3.86. The van der Waals surface area contributed by atoms with Gasteiger partial charge in [0.05, 0.1) is 2.74 Å². The minimum Gasteiger partial charge on any atom is -0.255 e. The van der Waals surface area contributed by atoms with Crippen molar-refractivity contribution in [3.05, 3.63) is 27.9 Å². The van der Waals surface area contributed by atoms with Gasteiger partial charge in [-0.3, -0.25) is 4.98 Å². The Morgan fingerprint density at radius 1 is 1.73 bits per heavy atom. The molecule has 1 rings (SSSR count). The van der Waals surface area contributed by atoms with Gasteiger partial charge in [0.2, 0.25) is 0 Å². The van der Waals surface area contributed by atoms with Crippen LogP contribution in [-0.4, -0.2) is 4.98 Å². The molecule has 0 aliphatic carbocycles. The Morgan fingerprint density at radius 3 is 2.91 bits per heavy atom. The van der Waals surface area contributed by atoms with Crippen LogP contribution in [0.1, 0.15) is 20.4 Å². The Balaban J connectivity index is 3.41. The molecule has 0 unspecified atom stereocenters. The maximum absolute atomic E-state index is 12.2. The van der Waals surface area contributed by atoms with E-state index in [1.165, 1.54) is 0 Å². The van der Waals surface area contributed by atoms with Crippen molar-refractivity contribution in [2.45, 2.75) is 13.3 Å². The molecule has 0 saturated carbocycles. The minimum atomic E-state index is -2.81. The molecule has 1 aromatic heterocycles. The Kier molecular flexibility index (Phi) is 1.79. The van der Waals surface area contributed by atoms with Gasteiger partial charge in [0.1, 0.15) is 5.69 Å². The number of aromatic nitrogens is 1. The number of halogens is 3. The molecule has 0 aliphatic heterocycles. The predicted octanol–water partition coefficient (Wildman–Crippen LogP) is 3.09. The number of pyridine rings is 1. The van der Waals surface area contributed by atoms with Crippen LogP contribution < -0.4 is 0 Å². The molecule has 0 atom stereocenters. The summed E-state index contributed by atoms with van der Waals surface area (Å²) in [7, 11) is 0. The first-order chi connectivity index (χ1) is 5.95. The van der Waals surface area contributed by atoms with Crippen molar-refractivity contribution in [3.63, 3.8) is 0 Å². The fourth-order valence-corrected chi connectivity index (χ4v) is 0.822. The van der Waals surface area contributed by atoms with Crippen LogP contribution in [0, 0.1) is 6.92 Å². The minimum absolute atomic E-state index is 0.211. The smallest absolute Gasteiger partial charge is 0.255 e. The Bertz CT molecular complexity index is 344. The van der Waals surface area contributed by atoms with Crippen molar-refractivity contribution >= 4 is 15.9 Å². The summed E-state index contributed by atoms with van der Waals surface area (Å²) in [6.07, 6.45) is -3.04. The van der Waals surface area contributed by atoms with Gasteiger partial charge < -0.3 is 0 Å². The Labute approximate surface area is 74.4 Å². The second-order valence-electron chi connectivity index (χ2n) is 1.97. The van der Waals surface area contributed by atoms with Gasteiger partial charge in [-0.25, -0.2) is 8.78 Å². The Hall–Kier alpha value is -0.510. The van der Waals surface area contributed by atoms with Crippen LogP contribution in [0.2, 0.25) is 0 Å². The summed E-state index contributed by atoms with van der Waals surface area (Å²) < 4.78 is 39.2. The van der Waals surface area contributed by atoms with E-state index in [0.717, 1.165) is 0 Å². The van der Waals surface area contributed by atoms with Gasteiger partial charge in [0.15, 0.2) is 0 Å². The summed E-state index contributed by atoms with van der Waals surface area (Å²) in [6.45, 7) is 1.55. The lowest BCUT2D eigenvalue weighted by atomic mass is 10.3. The van der Waals surface area contributed by atoms with Crippen molar-refractivity contribution in [3.8, 4) is 0 Å². The Morgan fingerprint density at radius 2 is 2.36 bits per heavy atom. The summed E-state index contributed by atoms with van der Waals surface area (Å²) in [5, 5.41) is 0. The molecule has 0 amide bonds. The molecule has 0 aliphatic rings. The quantitative estimate of drug-likeness (QED) is 0.714. The number of rotatable bonds is 1. The number of alkyl halides is 2. The summed E-state index contributed by atoms with van der Waals surface area (Å²) in [5.41, 5.74) is -0.253. The van der Waals surface area contributed by atoms with E-state index in [2.05, 4.69) is 20.9 Å². The van der Waals surface area contributed by atoms with Gasteiger partial charge in [-0.05, 0) is 18.5 Å². The monoisotopic (exact) mass is 223 g/mol. The van der Waals surface area contributed by atoms with Crippen LogP contribution in [0.5, 0.6) is 0 Å². The maximum atomic E-state index is 12.2. The molecule has 1 nitrogen and oxygen atoms in total. The lowest BCUT2D eigenvalue weighted by Crippen LogP contribution is -1.90. The molecule has 1 aromatic rings. The van der Waals surface area contributed by atoms with E-state index in [1.54, 1.807) is 6.92 Å². The van der Waals surface area contributed by atoms with Gasteiger partial charge in [-0.2, -0.15) is 0 Å². The molecule has 0 radical (unpaired) electrons. The SMILES string of the molecule is [2H]c1nc(C(F)F)c([2H])c(Br)c1C. The first-order valence-corrected chi connectivity index (χ1v) is 3.65. The van der Waals surface area contributed by atoms with Crippen molar-refractivity contribution in [2.24, 2.45) is 0 Å². The molecule has 0 bridgehead atoms. The summed E-state index contributed by atoms with van der Waals surface area (Å²) >= 11 is 2.97. The standard InChI is InChI=1S/C7H6BrF2N/c1-4-3-11-6(7(9)10)2-5(4)8/h2-3,7H,1H3/i2D,3D. The van der Waals surface area contributed by atoms with Crippen LogP contribution in [0.3, 0.4) is 0 Å². The molecule has 11 heavy (non-hydrogen) atoms. The van der Waals surface area contributed by atoms with E-state index in [-0.39, 0.29) is 16.7 Å². The number of hydrogen-bond acceptors (Lipinski definition) is 1. The van der Waals surface area contributed by atoms with Gasteiger partial charge in [0, 0.05) is 10.6 Å². The molecule has 60 valence electrons. The van der Waals surface area contributed by atoms with Gasteiger partial charge in [-0.1, -0.05) is 15.9 Å². The van der Waals surface area contributed by atoms with E-state index in [1.807, 2.05) is 0 Å². The molecule has 0 N–H and O–H groups in total. The normalized spacial score (nSPS) is 13.2. The van der Waals surface area contributed by atoms with E-state index in [4.69, 9.17) is 2.74 Å². The molecule has 0 fully saturated rings. The fraction of sp³-hybridized carbons (Fsp3) is 0.286. The zero-order chi connectivity index (χ0) is 10.2. The average molecular weight is 224 g/mol. The van der Waals surface area contributed by atoms with E-state index < -0.39 is 12.1 Å². The third-order valence-corrected chi connectivity index (χ3v) is 1.91. The fourth-order valence-electron chi connectivity index (χ4n) is 0.531. The van der Waals surface area contributed by atoms with E-state index >= 15 is 0 Å². The highest BCUT2D eigenvalue weighted by atomic mass is 79.9. The lowest BCUT2D eigenvalue weighted by Gasteiger charge is -2.00. The second-order valence-corrected chi connectivity index (χ2v) is 2.77. The first kappa shape index (κ1) is 6.06. The molecular weight excluding hydrogens is 216 g/mol. The van der Waals surface area contributed by atoms with Gasteiger partial charge in [0.25, 0.3) is 6.43 Å². The van der Waals surface area contributed by atoms with Crippen molar-refractivity contribution in [2.75, 3.05) is 0 Å². The van der Waals surface area contributed by atoms with Gasteiger partial charge in [-0.15, -0.1) is 0 Å². The zero-order valence-corrected chi connectivity index (χ0v) is 7.24. The molecule has 0 saturated heterocycles. The van der Waals surface area contributed by atoms with E-state index in [9.17, 15) is 8.78 Å². The van der Waals surface area contributed by atoms with Crippen molar-refractivity contribution in [1.29, 1.82) is 0 Å². The van der Waals surface area contributed by atoms with Crippen molar-refractivity contribution in [1.82, 2.24) is 4.98 Å². The number of nitrogens with zero attached hydrogens (tertiary/aromatic N) is 1. The van der Waals surface area contributed by atoms with Crippen LogP contribution in [0.15, 0.2) is 16.7 Å². The van der Waals surface area contributed by atoms with E-state index in [0.29, 0.717) is 5.56 Å².